The molecule has 19 heavy (non-hydrogen) atoms. The number of rotatable bonds is 3. The average molecular weight is 280 g/mol. The number of nitrogen functional groups attached to an aromatic ring is 1. The number of amides is 1. The highest BCUT2D eigenvalue weighted by atomic mass is 35.5. The zero-order valence-electron chi connectivity index (χ0n) is 10.7. The number of anilines is 1. The van der Waals surface area contributed by atoms with Crippen LogP contribution in [0.3, 0.4) is 0 Å². The third-order valence-corrected chi connectivity index (χ3v) is 4.21. The molecule has 1 aromatic rings. The second-order valence-electron chi connectivity index (χ2n) is 5.42. The predicted octanol–water partition coefficient (Wildman–Crippen LogP) is 1.89. The van der Waals surface area contributed by atoms with E-state index in [9.17, 15) is 4.79 Å². The number of hydrogen-bond donors (Lipinski definition) is 2. The molecular weight excluding hydrogens is 262 g/mol. The van der Waals surface area contributed by atoms with Crippen LogP contribution >= 0.6 is 11.6 Å². The van der Waals surface area contributed by atoms with E-state index in [0.717, 1.165) is 25.6 Å². The normalized spacial score (nSPS) is 23.5. The molecule has 1 atom stereocenters. The highest BCUT2D eigenvalue weighted by molar-refractivity contribution is 6.33. The smallest absolute Gasteiger partial charge is 0.251 e. The first-order chi connectivity index (χ1) is 9.13. The summed E-state index contributed by atoms with van der Waals surface area (Å²) in [6, 6.07) is 6.03. The van der Waals surface area contributed by atoms with Gasteiger partial charge in [0, 0.05) is 30.7 Å². The number of halogens is 1. The van der Waals surface area contributed by atoms with Crippen molar-refractivity contribution < 1.29 is 4.79 Å². The maximum absolute atomic E-state index is 12.1. The van der Waals surface area contributed by atoms with Crippen molar-refractivity contribution in [3.63, 3.8) is 0 Å². The maximum atomic E-state index is 12.1. The Hall–Kier alpha value is -1.26. The first-order valence-corrected chi connectivity index (χ1v) is 7.11. The number of hydrogen-bond acceptors (Lipinski definition) is 3. The Morgan fingerprint density at radius 3 is 2.84 bits per heavy atom. The molecule has 1 amide bonds. The van der Waals surface area contributed by atoms with Crippen LogP contribution in [0, 0.1) is 0 Å². The third-order valence-electron chi connectivity index (χ3n) is 3.88. The van der Waals surface area contributed by atoms with Gasteiger partial charge in [-0.25, -0.2) is 0 Å². The number of nitrogens with zero attached hydrogens (tertiary/aromatic N) is 1. The second-order valence-corrected chi connectivity index (χ2v) is 5.83. The molecule has 1 unspecified atom stereocenters. The number of carbonyl (C=O) groups is 1. The molecule has 0 aromatic heterocycles. The van der Waals surface area contributed by atoms with E-state index in [2.05, 4.69) is 10.2 Å². The standard InChI is InChI=1S/C14H18ClN3O/c15-12-7-9(1-4-13(12)16)14(19)17-10-5-6-18(8-10)11-2-3-11/h1,4,7,10-11H,2-3,5-6,8,16H2,(H,17,19). The topological polar surface area (TPSA) is 58.4 Å². The van der Waals surface area contributed by atoms with Gasteiger partial charge in [-0.05, 0) is 37.5 Å². The fourth-order valence-electron chi connectivity index (χ4n) is 2.61. The summed E-state index contributed by atoms with van der Waals surface area (Å²) < 4.78 is 0. The zero-order chi connectivity index (χ0) is 13.4. The lowest BCUT2D eigenvalue weighted by atomic mass is 10.1. The first kappa shape index (κ1) is 12.8. The molecular formula is C14H18ClN3O. The van der Waals surface area contributed by atoms with Crippen molar-refractivity contribution in [2.75, 3.05) is 18.8 Å². The molecule has 1 saturated heterocycles. The van der Waals surface area contributed by atoms with E-state index in [1.807, 2.05) is 0 Å². The maximum Gasteiger partial charge on any atom is 0.251 e. The molecule has 5 heteroatoms. The molecule has 1 aliphatic heterocycles. The quantitative estimate of drug-likeness (QED) is 0.831. The molecule has 3 rings (SSSR count). The lowest BCUT2D eigenvalue weighted by molar-refractivity contribution is 0.0937. The largest absolute Gasteiger partial charge is 0.398 e. The monoisotopic (exact) mass is 279 g/mol. The van der Waals surface area contributed by atoms with Gasteiger partial charge in [0.1, 0.15) is 0 Å². The van der Waals surface area contributed by atoms with Crippen LogP contribution < -0.4 is 11.1 Å². The number of nitrogens with one attached hydrogen (secondary N) is 1. The highest BCUT2D eigenvalue weighted by Crippen LogP contribution is 2.29. The lowest BCUT2D eigenvalue weighted by Gasteiger charge is -2.16. The summed E-state index contributed by atoms with van der Waals surface area (Å²) in [6.45, 7) is 2.07. The van der Waals surface area contributed by atoms with Crippen molar-refractivity contribution in [3.8, 4) is 0 Å². The molecule has 4 nitrogen and oxygen atoms in total. The Bertz CT molecular complexity index is 501. The van der Waals surface area contributed by atoms with E-state index >= 15 is 0 Å². The average Bonchev–Trinajstić information content (AvgIpc) is 3.14. The Balaban J connectivity index is 1.60. The number of benzene rings is 1. The fraction of sp³-hybridized carbons (Fsp3) is 0.500. The van der Waals surface area contributed by atoms with Gasteiger partial charge >= 0.3 is 0 Å². The van der Waals surface area contributed by atoms with Crippen molar-refractivity contribution in [2.45, 2.75) is 31.3 Å². The van der Waals surface area contributed by atoms with E-state index in [1.165, 1.54) is 12.8 Å². The van der Waals surface area contributed by atoms with E-state index in [1.54, 1.807) is 18.2 Å². The molecule has 0 bridgehead atoms. The first-order valence-electron chi connectivity index (χ1n) is 6.73. The molecule has 2 aliphatic rings. The van der Waals surface area contributed by atoms with Crippen LogP contribution in [0.1, 0.15) is 29.6 Å². The molecule has 1 saturated carbocycles. The summed E-state index contributed by atoms with van der Waals surface area (Å²) in [4.78, 5) is 14.6. The van der Waals surface area contributed by atoms with Crippen molar-refractivity contribution in [1.29, 1.82) is 0 Å². The Labute approximate surface area is 117 Å². The van der Waals surface area contributed by atoms with Gasteiger partial charge in [0.15, 0.2) is 0 Å². The van der Waals surface area contributed by atoms with Crippen LogP contribution in [0.4, 0.5) is 5.69 Å². The van der Waals surface area contributed by atoms with Crippen LogP contribution in [0.5, 0.6) is 0 Å². The van der Waals surface area contributed by atoms with Crippen LogP contribution in [0.25, 0.3) is 0 Å². The van der Waals surface area contributed by atoms with Crippen molar-refractivity contribution in [2.24, 2.45) is 0 Å². The zero-order valence-corrected chi connectivity index (χ0v) is 11.5. The van der Waals surface area contributed by atoms with Gasteiger partial charge in [0.05, 0.1) is 10.7 Å². The molecule has 1 aliphatic carbocycles. The summed E-state index contributed by atoms with van der Waals surface area (Å²) in [7, 11) is 0. The van der Waals surface area contributed by atoms with Gasteiger partial charge in [0.2, 0.25) is 0 Å². The summed E-state index contributed by atoms with van der Waals surface area (Å²) in [5, 5.41) is 3.50. The number of nitrogens with two attached hydrogens (primary N) is 1. The number of carbonyl (C=O) groups excluding carboxylic acids is 1. The van der Waals surface area contributed by atoms with Crippen LogP contribution in [0.2, 0.25) is 5.02 Å². The molecule has 1 aromatic carbocycles. The van der Waals surface area contributed by atoms with E-state index in [-0.39, 0.29) is 11.9 Å². The van der Waals surface area contributed by atoms with Gasteiger partial charge in [-0.3, -0.25) is 9.69 Å². The lowest BCUT2D eigenvalue weighted by Crippen LogP contribution is -2.37. The minimum Gasteiger partial charge on any atom is -0.398 e. The summed E-state index contributed by atoms with van der Waals surface area (Å²) in [5.41, 5.74) is 6.71. The van der Waals surface area contributed by atoms with Crippen molar-refractivity contribution in [3.05, 3.63) is 28.8 Å². The third kappa shape index (κ3) is 2.85. The highest BCUT2D eigenvalue weighted by Gasteiger charge is 2.34. The van der Waals surface area contributed by atoms with Crippen LogP contribution in [0.15, 0.2) is 18.2 Å². The van der Waals surface area contributed by atoms with Crippen molar-refractivity contribution in [1.82, 2.24) is 10.2 Å². The van der Waals surface area contributed by atoms with Gasteiger partial charge in [0.25, 0.3) is 5.91 Å². The predicted molar refractivity (Wildman–Crippen MR) is 76.3 cm³/mol. The van der Waals surface area contributed by atoms with Gasteiger partial charge < -0.3 is 11.1 Å². The van der Waals surface area contributed by atoms with Crippen molar-refractivity contribution >= 4 is 23.2 Å². The molecule has 102 valence electrons. The molecule has 3 N–H and O–H groups in total. The Morgan fingerprint density at radius 1 is 1.37 bits per heavy atom. The van der Waals surface area contributed by atoms with Gasteiger partial charge in [-0.15, -0.1) is 0 Å². The summed E-state index contributed by atoms with van der Waals surface area (Å²) >= 11 is 5.93. The Morgan fingerprint density at radius 2 is 2.16 bits per heavy atom. The minimum atomic E-state index is -0.0652. The molecule has 0 spiro atoms. The summed E-state index contributed by atoms with van der Waals surface area (Å²) in [5.74, 6) is -0.0652. The second kappa shape index (κ2) is 5.02. The summed E-state index contributed by atoms with van der Waals surface area (Å²) in [6.07, 6.45) is 3.66. The fourth-order valence-corrected chi connectivity index (χ4v) is 2.79. The SMILES string of the molecule is Nc1ccc(C(=O)NC2CCN(C3CC3)C2)cc1Cl. The molecule has 1 heterocycles. The van der Waals surface area contributed by atoms with Crippen LogP contribution in [-0.2, 0) is 0 Å². The van der Waals surface area contributed by atoms with E-state index < -0.39 is 0 Å². The van der Waals surface area contributed by atoms with Gasteiger partial charge in [-0.2, -0.15) is 0 Å². The van der Waals surface area contributed by atoms with Gasteiger partial charge in [-0.1, -0.05) is 11.6 Å². The number of likely N-dealkylation sites (tertiary alicyclic amines) is 1. The van der Waals surface area contributed by atoms with Crippen LogP contribution in [-0.4, -0.2) is 36.0 Å². The molecule has 2 fully saturated rings. The van der Waals surface area contributed by atoms with E-state index in [0.29, 0.717) is 16.3 Å². The molecule has 0 radical (unpaired) electrons. The van der Waals surface area contributed by atoms with E-state index in [4.69, 9.17) is 17.3 Å². The minimum absolute atomic E-state index is 0.0652. The Kier molecular flexibility index (Phi) is 3.37.